The fraction of sp³-hybridized carbons (Fsp3) is 0.214. The van der Waals surface area contributed by atoms with E-state index in [0.29, 0.717) is 5.15 Å². The van der Waals surface area contributed by atoms with Crippen LogP contribution in [-0.4, -0.2) is 4.98 Å². The van der Waals surface area contributed by atoms with Crippen LogP contribution in [0.15, 0.2) is 42.6 Å². The SMILES string of the molecule is Cc1cccc(C(C)Nc2ccnc(Cl)c2)c1. The van der Waals surface area contributed by atoms with Crippen molar-refractivity contribution < 1.29 is 0 Å². The van der Waals surface area contributed by atoms with E-state index in [1.807, 2.05) is 12.1 Å². The van der Waals surface area contributed by atoms with Crippen LogP contribution in [0, 0.1) is 6.92 Å². The lowest BCUT2D eigenvalue weighted by Gasteiger charge is -2.16. The first kappa shape index (κ1) is 11.9. The van der Waals surface area contributed by atoms with Crippen molar-refractivity contribution in [2.45, 2.75) is 19.9 Å². The molecule has 0 saturated heterocycles. The monoisotopic (exact) mass is 246 g/mol. The van der Waals surface area contributed by atoms with Crippen molar-refractivity contribution in [3.63, 3.8) is 0 Å². The topological polar surface area (TPSA) is 24.9 Å². The summed E-state index contributed by atoms with van der Waals surface area (Å²) in [4.78, 5) is 3.96. The smallest absolute Gasteiger partial charge is 0.131 e. The molecule has 0 aliphatic rings. The molecular formula is C14H15ClN2. The highest BCUT2D eigenvalue weighted by Gasteiger charge is 2.05. The van der Waals surface area contributed by atoms with Gasteiger partial charge in [-0.3, -0.25) is 0 Å². The summed E-state index contributed by atoms with van der Waals surface area (Å²) in [5, 5.41) is 3.91. The molecule has 88 valence electrons. The molecule has 17 heavy (non-hydrogen) atoms. The molecule has 1 aromatic carbocycles. The summed E-state index contributed by atoms with van der Waals surface area (Å²) in [5.41, 5.74) is 3.51. The molecule has 0 radical (unpaired) electrons. The minimum Gasteiger partial charge on any atom is -0.378 e. The number of aryl methyl sites for hydroxylation is 1. The average Bonchev–Trinajstić information content (AvgIpc) is 2.29. The standard InChI is InChI=1S/C14H15ClN2/c1-10-4-3-5-12(8-10)11(2)17-13-6-7-16-14(15)9-13/h3-9,11H,1-2H3,(H,16,17). The number of nitrogens with zero attached hydrogens (tertiary/aromatic N) is 1. The summed E-state index contributed by atoms with van der Waals surface area (Å²) in [6, 6.07) is 12.5. The molecule has 0 spiro atoms. The Morgan fingerprint density at radius 2 is 2.06 bits per heavy atom. The maximum atomic E-state index is 5.85. The van der Waals surface area contributed by atoms with E-state index in [9.17, 15) is 0 Å². The van der Waals surface area contributed by atoms with Crippen molar-refractivity contribution in [3.05, 3.63) is 58.9 Å². The van der Waals surface area contributed by atoms with Crippen LogP contribution in [0.5, 0.6) is 0 Å². The Bertz CT molecular complexity index is 511. The third kappa shape index (κ3) is 3.21. The maximum Gasteiger partial charge on any atom is 0.131 e. The zero-order chi connectivity index (χ0) is 12.3. The molecule has 2 nitrogen and oxygen atoms in total. The van der Waals surface area contributed by atoms with Gasteiger partial charge < -0.3 is 5.32 Å². The van der Waals surface area contributed by atoms with Crippen molar-refractivity contribution in [2.24, 2.45) is 0 Å². The molecule has 1 aromatic heterocycles. The lowest BCUT2D eigenvalue weighted by Crippen LogP contribution is -2.06. The van der Waals surface area contributed by atoms with Crippen LogP contribution in [0.4, 0.5) is 5.69 Å². The van der Waals surface area contributed by atoms with Gasteiger partial charge >= 0.3 is 0 Å². The second kappa shape index (κ2) is 5.19. The fourth-order valence-corrected chi connectivity index (χ4v) is 1.94. The van der Waals surface area contributed by atoms with Crippen molar-refractivity contribution >= 4 is 17.3 Å². The molecule has 1 unspecified atom stereocenters. The Balaban J connectivity index is 2.14. The summed E-state index contributed by atoms with van der Waals surface area (Å²) in [5.74, 6) is 0. The van der Waals surface area contributed by atoms with Crippen LogP contribution >= 0.6 is 11.6 Å². The van der Waals surface area contributed by atoms with E-state index in [-0.39, 0.29) is 6.04 Å². The Kier molecular flexibility index (Phi) is 3.64. The summed E-state index contributed by atoms with van der Waals surface area (Å²) >= 11 is 5.85. The summed E-state index contributed by atoms with van der Waals surface area (Å²) in [7, 11) is 0. The molecule has 0 amide bonds. The number of rotatable bonds is 3. The van der Waals surface area contributed by atoms with Gasteiger partial charge in [-0.25, -0.2) is 4.98 Å². The van der Waals surface area contributed by atoms with Crippen LogP contribution < -0.4 is 5.32 Å². The summed E-state index contributed by atoms with van der Waals surface area (Å²) in [6.07, 6.45) is 1.70. The van der Waals surface area contributed by atoms with Crippen LogP contribution in [0.25, 0.3) is 0 Å². The molecular weight excluding hydrogens is 232 g/mol. The zero-order valence-electron chi connectivity index (χ0n) is 9.94. The number of benzene rings is 1. The van der Waals surface area contributed by atoms with Crippen LogP contribution in [0.2, 0.25) is 5.15 Å². The lowest BCUT2D eigenvalue weighted by molar-refractivity contribution is 0.882. The average molecular weight is 247 g/mol. The normalized spacial score (nSPS) is 12.2. The number of nitrogens with one attached hydrogen (secondary N) is 1. The first-order chi connectivity index (χ1) is 8.15. The molecule has 1 N–H and O–H groups in total. The molecule has 0 saturated carbocycles. The van der Waals surface area contributed by atoms with Crippen LogP contribution in [0.3, 0.4) is 0 Å². The van der Waals surface area contributed by atoms with Crippen LogP contribution in [0.1, 0.15) is 24.1 Å². The predicted octanol–water partition coefficient (Wildman–Crippen LogP) is 4.22. The van der Waals surface area contributed by atoms with Gasteiger partial charge in [0.25, 0.3) is 0 Å². The highest BCUT2D eigenvalue weighted by Crippen LogP contribution is 2.21. The largest absolute Gasteiger partial charge is 0.378 e. The van der Waals surface area contributed by atoms with E-state index >= 15 is 0 Å². The molecule has 1 atom stereocenters. The van der Waals surface area contributed by atoms with Crippen molar-refractivity contribution in [3.8, 4) is 0 Å². The van der Waals surface area contributed by atoms with Gasteiger partial charge in [-0.1, -0.05) is 41.4 Å². The second-order valence-corrected chi connectivity index (χ2v) is 4.53. The Hall–Kier alpha value is -1.54. The molecule has 0 fully saturated rings. The summed E-state index contributed by atoms with van der Waals surface area (Å²) in [6.45, 7) is 4.22. The van der Waals surface area contributed by atoms with E-state index in [2.05, 4.69) is 48.4 Å². The Morgan fingerprint density at radius 3 is 2.76 bits per heavy atom. The van der Waals surface area contributed by atoms with Gasteiger partial charge in [0.1, 0.15) is 5.15 Å². The van der Waals surface area contributed by atoms with E-state index in [1.54, 1.807) is 6.20 Å². The van der Waals surface area contributed by atoms with Gasteiger partial charge in [0.05, 0.1) is 0 Å². The van der Waals surface area contributed by atoms with Gasteiger partial charge in [0.2, 0.25) is 0 Å². The highest BCUT2D eigenvalue weighted by atomic mass is 35.5. The fourth-order valence-electron chi connectivity index (χ4n) is 1.77. The predicted molar refractivity (Wildman–Crippen MR) is 72.5 cm³/mol. The molecule has 0 bridgehead atoms. The number of pyridine rings is 1. The molecule has 2 aromatic rings. The third-order valence-electron chi connectivity index (χ3n) is 2.65. The molecule has 2 rings (SSSR count). The second-order valence-electron chi connectivity index (χ2n) is 4.15. The third-order valence-corrected chi connectivity index (χ3v) is 2.86. The number of hydrogen-bond acceptors (Lipinski definition) is 2. The first-order valence-electron chi connectivity index (χ1n) is 5.60. The number of aromatic nitrogens is 1. The molecule has 1 heterocycles. The van der Waals surface area contributed by atoms with E-state index in [1.165, 1.54) is 11.1 Å². The van der Waals surface area contributed by atoms with Gasteiger partial charge in [0, 0.05) is 17.9 Å². The van der Waals surface area contributed by atoms with Gasteiger partial charge in [-0.2, -0.15) is 0 Å². The van der Waals surface area contributed by atoms with Crippen molar-refractivity contribution in [1.29, 1.82) is 0 Å². The number of hydrogen-bond donors (Lipinski definition) is 1. The van der Waals surface area contributed by atoms with E-state index in [4.69, 9.17) is 11.6 Å². The molecule has 0 aliphatic carbocycles. The van der Waals surface area contributed by atoms with Crippen molar-refractivity contribution in [1.82, 2.24) is 4.98 Å². The van der Waals surface area contributed by atoms with Gasteiger partial charge in [-0.15, -0.1) is 0 Å². The quantitative estimate of drug-likeness (QED) is 0.821. The lowest BCUT2D eigenvalue weighted by atomic mass is 10.1. The molecule has 3 heteroatoms. The maximum absolute atomic E-state index is 5.85. The highest BCUT2D eigenvalue weighted by molar-refractivity contribution is 6.29. The first-order valence-corrected chi connectivity index (χ1v) is 5.97. The molecule has 0 aliphatic heterocycles. The van der Waals surface area contributed by atoms with Crippen molar-refractivity contribution in [2.75, 3.05) is 5.32 Å². The number of halogens is 1. The minimum absolute atomic E-state index is 0.244. The van der Waals surface area contributed by atoms with Gasteiger partial charge in [0.15, 0.2) is 0 Å². The minimum atomic E-state index is 0.244. The number of anilines is 1. The Morgan fingerprint density at radius 1 is 1.24 bits per heavy atom. The van der Waals surface area contributed by atoms with E-state index < -0.39 is 0 Å². The van der Waals surface area contributed by atoms with Gasteiger partial charge in [-0.05, 0) is 31.5 Å². The summed E-state index contributed by atoms with van der Waals surface area (Å²) < 4.78 is 0. The Labute approximate surface area is 107 Å². The van der Waals surface area contributed by atoms with E-state index in [0.717, 1.165) is 5.69 Å². The van der Waals surface area contributed by atoms with Crippen LogP contribution in [-0.2, 0) is 0 Å². The zero-order valence-corrected chi connectivity index (χ0v) is 10.7.